The fraction of sp³-hybridized carbons (Fsp3) is 0. The highest BCUT2D eigenvalue weighted by atomic mass is 32.1. The first-order chi connectivity index (χ1) is 25.6. The Balaban J connectivity index is 1.26. The lowest BCUT2D eigenvalue weighted by Gasteiger charge is -2.20. The second-order valence-electron chi connectivity index (χ2n) is 13.1. The van der Waals surface area contributed by atoms with Crippen LogP contribution in [0.4, 0.5) is 5.69 Å². The first-order valence-corrected chi connectivity index (χ1v) is 17.8. The number of fused-ring (bicyclic) bond motifs is 11. The third kappa shape index (κ3) is 3.76. The van der Waals surface area contributed by atoms with E-state index in [1.54, 1.807) is 53.8 Å². The topological polar surface area (TPSA) is 71.0 Å². The van der Waals surface area contributed by atoms with E-state index in [1.807, 2.05) is 12.1 Å². The van der Waals surface area contributed by atoms with Crippen LogP contribution >= 0.6 is 11.3 Å². The average Bonchev–Trinajstić information content (AvgIpc) is 3.91. The zero-order chi connectivity index (χ0) is 34.7. The van der Waals surface area contributed by atoms with Crippen LogP contribution in [-0.2, 0) is 0 Å². The third-order valence-corrected chi connectivity index (χ3v) is 11.6. The van der Waals surface area contributed by atoms with Gasteiger partial charge in [0.25, 0.3) is 11.8 Å². The van der Waals surface area contributed by atoms with E-state index in [4.69, 9.17) is 0 Å². The predicted molar refractivity (Wildman–Crippen MR) is 210 cm³/mol. The van der Waals surface area contributed by atoms with Gasteiger partial charge in [-0.2, -0.15) is 5.26 Å². The number of thiophene rings is 1. The number of amides is 2. The van der Waals surface area contributed by atoms with Gasteiger partial charge < -0.3 is 9.13 Å². The van der Waals surface area contributed by atoms with Crippen LogP contribution in [0.3, 0.4) is 0 Å². The van der Waals surface area contributed by atoms with Gasteiger partial charge in [0.15, 0.2) is 0 Å². The van der Waals surface area contributed by atoms with Crippen LogP contribution in [0.15, 0.2) is 146 Å². The summed E-state index contributed by atoms with van der Waals surface area (Å²) in [5.41, 5.74) is 7.17. The second kappa shape index (κ2) is 10.5. The van der Waals surface area contributed by atoms with Gasteiger partial charge in [0.1, 0.15) is 0 Å². The molecule has 0 bridgehead atoms. The Hall–Kier alpha value is -7.01. The van der Waals surface area contributed by atoms with Crippen molar-refractivity contribution in [2.24, 2.45) is 0 Å². The number of carbonyl (C=O) groups is 2. The first kappa shape index (κ1) is 28.8. The van der Waals surface area contributed by atoms with Crippen molar-refractivity contribution in [3.05, 3.63) is 162 Å². The van der Waals surface area contributed by atoms with Gasteiger partial charge >= 0.3 is 0 Å². The van der Waals surface area contributed by atoms with Gasteiger partial charge in [-0.25, -0.2) is 4.90 Å². The molecule has 242 valence electrons. The molecule has 2 amide bonds. The normalized spacial score (nSPS) is 13.0. The summed E-state index contributed by atoms with van der Waals surface area (Å²) in [6.45, 7) is 0. The Bertz CT molecular complexity index is 3230. The number of anilines is 1. The largest absolute Gasteiger partial charge is 0.309 e. The zero-order valence-electron chi connectivity index (χ0n) is 27.4. The van der Waals surface area contributed by atoms with E-state index < -0.39 is 0 Å². The molecule has 4 heterocycles. The number of nitrogens with zero attached hydrogens (tertiary/aromatic N) is 4. The lowest BCUT2D eigenvalue weighted by Crippen LogP contribution is -2.30. The number of carbonyl (C=O) groups excluding carboxylic acids is 2. The van der Waals surface area contributed by atoms with Crippen LogP contribution in [0.2, 0.25) is 0 Å². The van der Waals surface area contributed by atoms with E-state index in [0.29, 0.717) is 28.1 Å². The molecule has 11 rings (SSSR count). The van der Waals surface area contributed by atoms with Crippen LogP contribution in [-0.4, -0.2) is 20.9 Å². The molecule has 0 fully saturated rings. The van der Waals surface area contributed by atoms with Crippen molar-refractivity contribution in [2.75, 3.05) is 4.90 Å². The molecule has 0 spiro atoms. The first-order valence-electron chi connectivity index (χ1n) is 17.0. The van der Waals surface area contributed by atoms with E-state index in [0.717, 1.165) is 49.3 Å². The van der Waals surface area contributed by atoms with Crippen LogP contribution in [0.5, 0.6) is 0 Å². The minimum Gasteiger partial charge on any atom is -0.309 e. The molecule has 3 aromatic heterocycles. The standard InChI is InChI=1S/C45H24N4O2S/c46-25-26-17-20-37(49-44(50)31-11-1-2-12-32(31)45(49)51)39(23-26)48-36-15-7-4-13-33(36)42-38(48)21-19-30-28-9-3-6-14-35(28)47(43(30)42)27-18-22-41-34(24-27)29-10-5-8-16-40(29)52-41/h1-24H. The fourth-order valence-corrected chi connectivity index (χ4v) is 9.35. The molecule has 1 aliphatic heterocycles. The molecular formula is C45H24N4O2S. The smallest absolute Gasteiger partial charge is 0.266 e. The monoisotopic (exact) mass is 684 g/mol. The summed E-state index contributed by atoms with van der Waals surface area (Å²) in [7, 11) is 0. The van der Waals surface area contributed by atoms with Gasteiger partial charge in [-0.15, -0.1) is 11.3 Å². The third-order valence-electron chi connectivity index (χ3n) is 10.5. The molecule has 0 atom stereocenters. The van der Waals surface area contributed by atoms with Crippen molar-refractivity contribution in [1.82, 2.24) is 9.13 Å². The van der Waals surface area contributed by atoms with E-state index in [2.05, 4.69) is 106 Å². The Kier molecular flexibility index (Phi) is 5.81. The molecule has 0 saturated heterocycles. The van der Waals surface area contributed by atoms with Crippen LogP contribution in [0.1, 0.15) is 26.3 Å². The molecular weight excluding hydrogens is 661 g/mol. The lowest BCUT2D eigenvalue weighted by atomic mass is 10.1. The molecule has 6 nitrogen and oxygen atoms in total. The summed E-state index contributed by atoms with van der Waals surface area (Å²) in [4.78, 5) is 29.0. The van der Waals surface area contributed by atoms with E-state index >= 15 is 0 Å². The molecule has 1 aliphatic rings. The zero-order valence-corrected chi connectivity index (χ0v) is 28.2. The number of aromatic nitrogens is 2. The van der Waals surface area contributed by atoms with E-state index in [-0.39, 0.29) is 11.8 Å². The number of nitriles is 1. The Morgan fingerprint density at radius 3 is 1.92 bits per heavy atom. The van der Waals surface area contributed by atoms with Gasteiger partial charge in [0.05, 0.1) is 56.2 Å². The maximum absolute atomic E-state index is 13.9. The molecule has 0 aliphatic carbocycles. The van der Waals surface area contributed by atoms with E-state index in [9.17, 15) is 14.9 Å². The molecule has 0 unspecified atom stereocenters. The molecule has 10 aromatic rings. The van der Waals surface area contributed by atoms with Crippen molar-refractivity contribution >= 4 is 92.6 Å². The Labute approximate surface area is 300 Å². The maximum Gasteiger partial charge on any atom is 0.266 e. The van der Waals surface area contributed by atoms with Crippen molar-refractivity contribution < 1.29 is 9.59 Å². The second-order valence-corrected chi connectivity index (χ2v) is 14.2. The van der Waals surface area contributed by atoms with Crippen molar-refractivity contribution in [1.29, 1.82) is 5.26 Å². The van der Waals surface area contributed by atoms with E-state index in [1.165, 1.54) is 25.1 Å². The maximum atomic E-state index is 13.9. The average molecular weight is 685 g/mol. The summed E-state index contributed by atoms with van der Waals surface area (Å²) in [6, 6.07) is 50.6. The summed E-state index contributed by atoms with van der Waals surface area (Å²) >= 11 is 1.80. The Morgan fingerprint density at radius 1 is 0.500 bits per heavy atom. The molecule has 0 saturated carbocycles. The number of benzene rings is 7. The molecule has 0 radical (unpaired) electrons. The number of hydrogen-bond acceptors (Lipinski definition) is 4. The van der Waals surface area contributed by atoms with Crippen molar-refractivity contribution in [3.8, 4) is 17.4 Å². The highest BCUT2D eigenvalue weighted by Crippen LogP contribution is 2.45. The summed E-state index contributed by atoms with van der Waals surface area (Å²) in [5.74, 6) is -0.766. The number of rotatable bonds is 3. The summed E-state index contributed by atoms with van der Waals surface area (Å²) in [6.07, 6.45) is 0. The number of hydrogen-bond donors (Lipinski definition) is 0. The molecule has 7 heteroatoms. The Morgan fingerprint density at radius 2 is 1.15 bits per heavy atom. The van der Waals surface area contributed by atoms with Gasteiger partial charge in [0, 0.05) is 47.4 Å². The molecule has 7 aromatic carbocycles. The van der Waals surface area contributed by atoms with Crippen LogP contribution < -0.4 is 4.90 Å². The number of imide groups is 1. The van der Waals surface area contributed by atoms with Gasteiger partial charge in [0.2, 0.25) is 0 Å². The quantitative estimate of drug-likeness (QED) is 0.174. The van der Waals surface area contributed by atoms with Crippen LogP contribution in [0, 0.1) is 11.3 Å². The fourth-order valence-electron chi connectivity index (χ4n) is 8.26. The molecule has 52 heavy (non-hydrogen) atoms. The minimum atomic E-state index is -0.383. The van der Waals surface area contributed by atoms with Gasteiger partial charge in [-0.3, -0.25) is 9.59 Å². The summed E-state index contributed by atoms with van der Waals surface area (Å²) < 4.78 is 6.97. The minimum absolute atomic E-state index is 0.367. The molecule has 0 N–H and O–H groups in total. The van der Waals surface area contributed by atoms with Crippen LogP contribution in [0.25, 0.3) is 75.2 Å². The van der Waals surface area contributed by atoms with Crippen molar-refractivity contribution in [2.45, 2.75) is 0 Å². The SMILES string of the molecule is N#Cc1ccc(N2C(=O)c3ccccc3C2=O)c(-n2c3ccccc3c3c2ccc2c4ccccc4n(-c4ccc5sc6ccccc6c5c4)c23)c1. The van der Waals surface area contributed by atoms with Gasteiger partial charge in [-0.05, 0) is 72.8 Å². The highest BCUT2D eigenvalue weighted by Gasteiger charge is 2.38. The lowest BCUT2D eigenvalue weighted by molar-refractivity contribution is 0.0926. The van der Waals surface area contributed by atoms with Crippen molar-refractivity contribution in [3.63, 3.8) is 0 Å². The summed E-state index contributed by atoms with van der Waals surface area (Å²) in [5, 5.41) is 16.9. The number of para-hydroxylation sites is 2. The highest BCUT2D eigenvalue weighted by molar-refractivity contribution is 7.25. The predicted octanol–water partition coefficient (Wildman–Crippen LogP) is 10.9. The van der Waals surface area contributed by atoms with Gasteiger partial charge in [-0.1, -0.05) is 72.8 Å².